The van der Waals surface area contributed by atoms with Crippen molar-refractivity contribution in [1.82, 2.24) is 9.47 Å². The Morgan fingerprint density at radius 1 is 1.04 bits per heavy atom. The number of carbonyl (C=O) groups excluding carboxylic acids is 1. The van der Waals surface area contributed by atoms with Crippen molar-refractivity contribution < 1.29 is 4.79 Å². The molecule has 6 heteroatoms. The molecule has 0 atom stereocenters. The molecule has 28 heavy (non-hydrogen) atoms. The van der Waals surface area contributed by atoms with Gasteiger partial charge >= 0.3 is 0 Å². The van der Waals surface area contributed by atoms with Gasteiger partial charge in [-0.15, -0.1) is 0 Å². The number of rotatable bonds is 4. The fourth-order valence-electron chi connectivity index (χ4n) is 3.37. The van der Waals surface area contributed by atoms with Gasteiger partial charge in [0, 0.05) is 23.5 Å². The SMILES string of the molecule is N#CN1Cc2cccc(NC(=O)c3ccc(=O)n(Cc4ccccc4)c3)c2C1. The summed E-state index contributed by atoms with van der Waals surface area (Å²) in [6.45, 7) is 1.44. The van der Waals surface area contributed by atoms with Crippen LogP contribution >= 0.6 is 0 Å². The highest BCUT2D eigenvalue weighted by atomic mass is 16.2. The highest BCUT2D eigenvalue weighted by molar-refractivity contribution is 6.04. The van der Waals surface area contributed by atoms with E-state index < -0.39 is 0 Å². The third-order valence-electron chi connectivity index (χ3n) is 4.81. The zero-order valence-corrected chi connectivity index (χ0v) is 15.1. The number of benzene rings is 2. The van der Waals surface area contributed by atoms with Gasteiger partial charge in [0.1, 0.15) is 0 Å². The molecule has 0 radical (unpaired) electrons. The smallest absolute Gasteiger partial charge is 0.257 e. The van der Waals surface area contributed by atoms with Gasteiger partial charge in [-0.25, -0.2) is 0 Å². The van der Waals surface area contributed by atoms with Crippen LogP contribution in [-0.2, 0) is 19.6 Å². The van der Waals surface area contributed by atoms with Gasteiger partial charge in [-0.2, -0.15) is 5.26 Å². The van der Waals surface area contributed by atoms with E-state index in [0.717, 1.165) is 16.7 Å². The van der Waals surface area contributed by atoms with Crippen LogP contribution in [0.3, 0.4) is 0 Å². The summed E-state index contributed by atoms with van der Waals surface area (Å²) in [6.07, 6.45) is 3.72. The molecule has 3 aromatic rings. The van der Waals surface area contributed by atoms with Gasteiger partial charge in [0.25, 0.3) is 11.5 Å². The molecular weight excluding hydrogens is 352 g/mol. The van der Waals surface area contributed by atoms with Crippen LogP contribution in [0.15, 0.2) is 71.7 Å². The molecule has 2 heterocycles. The van der Waals surface area contributed by atoms with E-state index in [2.05, 4.69) is 11.5 Å². The van der Waals surface area contributed by atoms with Gasteiger partial charge in [0.15, 0.2) is 6.19 Å². The molecule has 0 bridgehead atoms. The predicted molar refractivity (Wildman–Crippen MR) is 106 cm³/mol. The number of fused-ring (bicyclic) bond motifs is 1. The largest absolute Gasteiger partial charge is 0.322 e. The van der Waals surface area contributed by atoms with Crippen molar-refractivity contribution >= 4 is 11.6 Å². The van der Waals surface area contributed by atoms with E-state index in [1.54, 1.807) is 11.1 Å². The first kappa shape index (κ1) is 17.6. The summed E-state index contributed by atoms with van der Waals surface area (Å²) in [5, 5.41) is 12.0. The summed E-state index contributed by atoms with van der Waals surface area (Å²) in [4.78, 5) is 26.6. The number of carbonyl (C=O) groups is 1. The Kier molecular flexibility index (Phi) is 4.65. The third kappa shape index (κ3) is 3.51. The maximum atomic E-state index is 12.8. The first-order valence-electron chi connectivity index (χ1n) is 8.95. The number of nitrogens with one attached hydrogen (secondary N) is 1. The van der Waals surface area contributed by atoms with Crippen LogP contribution in [0, 0.1) is 11.5 Å². The molecular formula is C22H18N4O2. The summed E-state index contributed by atoms with van der Waals surface area (Å²) in [6, 6.07) is 18.2. The second kappa shape index (κ2) is 7.41. The first-order chi connectivity index (χ1) is 13.6. The highest BCUT2D eigenvalue weighted by Crippen LogP contribution is 2.29. The zero-order chi connectivity index (χ0) is 19.5. The Bertz CT molecular complexity index is 1130. The lowest BCUT2D eigenvalue weighted by atomic mass is 10.1. The number of pyridine rings is 1. The van der Waals surface area contributed by atoms with Gasteiger partial charge < -0.3 is 14.8 Å². The number of hydrogen-bond donors (Lipinski definition) is 1. The molecule has 0 saturated heterocycles. The number of nitrogens with zero attached hydrogens (tertiary/aromatic N) is 3. The van der Waals surface area contributed by atoms with Crippen molar-refractivity contribution in [1.29, 1.82) is 5.26 Å². The summed E-state index contributed by atoms with van der Waals surface area (Å²) in [7, 11) is 0. The Labute approximate surface area is 162 Å². The van der Waals surface area contributed by atoms with Crippen molar-refractivity contribution in [2.45, 2.75) is 19.6 Å². The molecule has 1 aliphatic rings. The van der Waals surface area contributed by atoms with Crippen molar-refractivity contribution in [2.24, 2.45) is 0 Å². The molecule has 1 amide bonds. The van der Waals surface area contributed by atoms with E-state index >= 15 is 0 Å². The first-order valence-corrected chi connectivity index (χ1v) is 8.95. The van der Waals surface area contributed by atoms with Crippen LogP contribution in [0.1, 0.15) is 27.0 Å². The number of anilines is 1. The molecule has 1 aliphatic heterocycles. The molecule has 6 nitrogen and oxygen atoms in total. The summed E-state index contributed by atoms with van der Waals surface area (Å²) >= 11 is 0. The van der Waals surface area contributed by atoms with Crippen molar-refractivity contribution in [3.63, 3.8) is 0 Å². The van der Waals surface area contributed by atoms with Gasteiger partial charge in [0.05, 0.1) is 25.2 Å². The minimum atomic E-state index is -0.286. The molecule has 1 aromatic heterocycles. The molecule has 0 saturated carbocycles. The van der Waals surface area contributed by atoms with E-state index in [1.165, 1.54) is 16.7 Å². The highest BCUT2D eigenvalue weighted by Gasteiger charge is 2.21. The normalized spacial score (nSPS) is 12.3. The zero-order valence-electron chi connectivity index (χ0n) is 15.1. The van der Waals surface area contributed by atoms with Crippen molar-refractivity contribution in [3.05, 3.63) is 99.5 Å². The molecule has 0 spiro atoms. The van der Waals surface area contributed by atoms with Crippen LogP contribution in [0.2, 0.25) is 0 Å². The molecule has 1 N–H and O–H groups in total. The Morgan fingerprint density at radius 3 is 2.64 bits per heavy atom. The van der Waals surface area contributed by atoms with Crippen LogP contribution in [0.25, 0.3) is 0 Å². The molecule has 4 rings (SSSR count). The Balaban J connectivity index is 1.57. The number of aromatic nitrogens is 1. The second-order valence-electron chi connectivity index (χ2n) is 6.72. The lowest BCUT2D eigenvalue weighted by Gasteiger charge is -2.12. The quantitative estimate of drug-likeness (QED) is 0.716. The van der Waals surface area contributed by atoms with Crippen LogP contribution in [0.4, 0.5) is 5.69 Å². The summed E-state index contributed by atoms with van der Waals surface area (Å²) in [5.41, 5.74) is 3.91. The maximum absolute atomic E-state index is 12.8. The molecule has 0 fully saturated rings. The summed E-state index contributed by atoms with van der Waals surface area (Å²) < 4.78 is 1.52. The molecule has 138 valence electrons. The Morgan fingerprint density at radius 2 is 1.86 bits per heavy atom. The van der Waals surface area contributed by atoms with E-state index in [1.807, 2.05) is 48.5 Å². The number of hydrogen-bond acceptors (Lipinski definition) is 4. The average Bonchev–Trinajstić information content (AvgIpc) is 3.15. The van der Waals surface area contributed by atoms with Crippen LogP contribution in [-0.4, -0.2) is 15.4 Å². The van der Waals surface area contributed by atoms with Crippen LogP contribution in [0.5, 0.6) is 0 Å². The summed E-state index contributed by atoms with van der Waals surface area (Å²) in [5.74, 6) is -0.286. The van der Waals surface area contributed by atoms with E-state index in [9.17, 15) is 9.59 Å². The fraction of sp³-hybridized carbons (Fsp3) is 0.136. The molecule has 0 aliphatic carbocycles. The standard InChI is InChI=1S/C22H18N4O2/c23-15-25-12-17-7-4-8-20(19(17)14-25)24-22(28)18-9-10-21(27)26(13-18)11-16-5-2-1-3-6-16/h1-10,13H,11-12,14H2,(H,24,28). The number of nitriles is 1. The fourth-order valence-corrected chi connectivity index (χ4v) is 3.37. The van der Waals surface area contributed by atoms with Crippen molar-refractivity contribution in [2.75, 3.05) is 5.32 Å². The average molecular weight is 370 g/mol. The lowest BCUT2D eigenvalue weighted by Crippen LogP contribution is -2.22. The van der Waals surface area contributed by atoms with Gasteiger partial charge in [0.2, 0.25) is 0 Å². The monoisotopic (exact) mass is 370 g/mol. The minimum Gasteiger partial charge on any atom is -0.322 e. The number of amides is 1. The minimum absolute atomic E-state index is 0.161. The second-order valence-corrected chi connectivity index (χ2v) is 6.72. The Hall–Kier alpha value is -3.85. The van der Waals surface area contributed by atoms with E-state index in [0.29, 0.717) is 30.9 Å². The van der Waals surface area contributed by atoms with Gasteiger partial charge in [-0.1, -0.05) is 42.5 Å². The van der Waals surface area contributed by atoms with Crippen molar-refractivity contribution in [3.8, 4) is 6.19 Å². The molecule has 2 aromatic carbocycles. The van der Waals surface area contributed by atoms with Gasteiger partial charge in [-0.05, 0) is 23.3 Å². The predicted octanol–water partition coefficient (Wildman–Crippen LogP) is 2.95. The van der Waals surface area contributed by atoms with E-state index in [4.69, 9.17) is 5.26 Å². The lowest BCUT2D eigenvalue weighted by molar-refractivity contribution is 0.102. The topological polar surface area (TPSA) is 78.1 Å². The third-order valence-corrected chi connectivity index (χ3v) is 4.81. The molecule has 0 unspecified atom stereocenters. The van der Waals surface area contributed by atoms with Crippen LogP contribution < -0.4 is 10.9 Å². The van der Waals surface area contributed by atoms with E-state index in [-0.39, 0.29) is 11.5 Å². The van der Waals surface area contributed by atoms with Gasteiger partial charge in [-0.3, -0.25) is 9.59 Å². The maximum Gasteiger partial charge on any atom is 0.257 e.